The van der Waals surface area contributed by atoms with Gasteiger partial charge in [0.15, 0.2) is 12.2 Å². The van der Waals surface area contributed by atoms with Gasteiger partial charge in [-0.25, -0.2) is 9.13 Å². The number of aliphatic hydroxyl groups excluding tert-OH is 1. The third-order valence-electron chi connectivity index (χ3n) is 18.1. The summed E-state index contributed by atoms with van der Waals surface area (Å²) < 4.78 is 68.6. The fraction of sp³-hybridized carbons (Fsp3) is 0.949. The number of esters is 4. The summed E-state index contributed by atoms with van der Waals surface area (Å²) >= 11 is 0. The zero-order valence-corrected chi connectivity index (χ0v) is 65.3. The molecule has 0 heterocycles. The van der Waals surface area contributed by atoms with E-state index in [1.807, 2.05) is 0 Å². The number of carbonyl (C=O) groups excluding carboxylic acids is 4. The van der Waals surface area contributed by atoms with Gasteiger partial charge in [-0.05, 0) is 43.4 Å². The van der Waals surface area contributed by atoms with Gasteiger partial charge in [0, 0.05) is 25.7 Å². The Kier molecular flexibility index (Phi) is 67.1. The molecule has 5 atom stereocenters. The SMILES string of the molecule is CCCCCCCCCCCCCCCCCCCCCC(=O)O[C@H](COC(=O)CCCCCCCCCCCCCCCCC(C)C)COP(=O)(O)OC[C@@H](O)COP(=O)(O)OC[C@@H](COC(=O)CCCCCCCCC(C)C)OC(=O)CCCCCCCCCCCC(C)C. The second kappa shape index (κ2) is 68.5. The second-order valence-electron chi connectivity index (χ2n) is 29.5. The number of carbonyl (C=O) groups is 4. The van der Waals surface area contributed by atoms with Gasteiger partial charge in [-0.15, -0.1) is 0 Å². The van der Waals surface area contributed by atoms with E-state index in [1.165, 1.54) is 205 Å². The summed E-state index contributed by atoms with van der Waals surface area (Å²) in [5, 5.41) is 10.6. The van der Waals surface area contributed by atoms with E-state index in [9.17, 15) is 43.2 Å². The molecule has 3 N–H and O–H groups in total. The molecule has 0 aromatic carbocycles. The van der Waals surface area contributed by atoms with Gasteiger partial charge in [0.1, 0.15) is 19.3 Å². The third kappa shape index (κ3) is 72.2. The summed E-state index contributed by atoms with van der Waals surface area (Å²) in [6.07, 6.45) is 55.8. The van der Waals surface area contributed by atoms with E-state index in [1.54, 1.807) is 0 Å². The molecular weight excluding hydrogens is 1270 g/mol. The number of hydrogen-bond donors (Lipinski definition) is 3. The second-order valence-corrected chi connectivity index (χ2v) is 32.4. The predicted molar refractivity (Wildman–Crippen MR) is 395 cm³/mol. The largest absolute Gasteiger partial charge is 0.472 e. The minimum absolute atomic E-state index is 0.104. The van der Waals surface area contributed by atoms with Gasteiger partial charge in [-0.2, -0.15) is 0 Å². The van der Waals surface area contributed by atoms with Crippen LogP contribution in [-0.2, 0) is 65.4 Å². The molecule has 0 amide bonds. The maximum absolute atomic E-state index is 13.1. The summed E-state index contributed by atoms with van der Waals surface area (Å²) in [6, 6.07) is 0. The van der Waals surface area contributed by atoms with Crippen molar-refractivity contribution in [2.75, 3.05) is 39.6 Å². The smallest absolute Gasteiger partial charge is 0.462 e. The highest BCUT2D eigenvalue weighted by molar-refractivity contribution is 7.47. The molecule has 2 unspecified atom stereocenters. The van der Waals surface area contributed by atoms with Crippen molar-refractivity contribution in [1.29, 1.82) is 0 Å². The Morgan fingerprint density at radius 2 is 0.474 bits per heavy atom. The quantitative estimate of drug-likeness (QED) is 0.0222. The fourth-order valence-corrected chi connectivity index (χ4v) is 13.5. The molecule has 0 saturated carbocycles. The van der Waals surface area contributed by atoms with Gasteiger partial charge < -0.3 is 33.8 Å². The molecule has 0 spiro atoms. The van der Waals surface area contributed by atoms with E-state index in [0.29, 0.717) is 31.6 Å². The van der Waals surface area contributed by atoms with Crippen LogP contribution >= 0.6 is 15.6 Å². The van der Waals surface area contributed by atoms with Crippen LogP contribution in [-0.4, -0.2) is 96.7 Å². The van der Waals surface area contributed by atoms with Crippen LogP contribution in [0.15, 0.2) is 0 Å². The molecule has 19 heteroatoms. The average Bonchev–Trinajstić information content (AvgIpc) is 1.25. The molecule has 0 rings (SSSR count). The van der Waals surface area contributed by atoms with Crippen molar-refractivity contribution in [2.24, 2.45) is 17.8 Å². The molecule has 0 aliphatic rings. The van der Waals surface area contributed by atoms with Crippen molar-refractivity contribution < 1.29 is 80.2 Å². The van der Waals surface area contributed by atoms with Gasteiger partial charge in [-0.1, -0.05) is 350 Å². The average molecular weight is 1420 g/mol. The Labute approximate surface area is 594 Å². The molecule has 0 aliphatic carbocycles. The van der Waals surface area contributed by atoms with Crippen molar-refractivity contribution in [1.82, 2.24) is 0 Å². The number of phosphoric acid groups is 2. The minimum Gasteiger partial charge on any atom is -0.462 e. The lowest BCUT2D eigenvalue weighted by atomic mass is 10.0. The molecule has 0 aliphatic heterocycles. The molecule has 0 aromatic rings. The van der Waals surface area contributed by atoms with Crippen LogP contribution < -0.4 is 0 Å². The maximum Gasteiger partial charge on any atom is 0.472 e. The normalized spacial score (nSPS) is 14.0. The van der Waals surface area contributed by atoms with Crippen LogP contribution in [0.25, 0.3) is 0 Å². The van der Waals surface area contributed by atoms with Crippen molar-refractivity contribution >= 4 is 39.5 Å². The molecule has 0 fully saturated rings. The summed E-state index contributed by atoms with van der Waals surface area (Å²) in [6.45, 7) is 11.8. The number of rotatable bonds is 76. The van der Waals surface area contributed by atoms with Crippen molar-refractivity contribution in [3.05, 3.63) is 0 Å². The van der Waals surface area contributed by atoms with Crippen LogP contribution in [0.2, 0.25) is 0 Å². The highest BCUT2D eigenvalue weighted by Crippen LogP contribution is 2.45. The van der Waals surface area contributed by atoms with E-state index >= 15 is 0 Å². The molecule has 0 saturated heterocycles. The van der Waals surface area contributed by atoms with Gasteiger partial charge in [0.25, 0.3) is 0 Å². The molecule has 17 nitrogen and oxygen atoms in total. The summed E-state index contributed by atoms with van der Waals surface area (Å²) in [5.41, 5.74) is 0. The first kappa shape index (κ1) is 95.1. The van der Waals surface area contributed by atoms with Gasteiger partial charge >= 0.3 is 39.5 Å². The van der Waals surface area contributed by atoms with Crippen molar-refractivity contribution in [3.8, 4) is 0 Å². The Balaban J connectivity index is 5.22. The zero-order chi connectivity index (χ0) is 71.6. The van der Waals surface area contributed by atoms with E-state index in [0.717, 1.165) is 108 Å². The summed E-state index contributed by atoms with van der Waals surface area (Å²) in [5.74, 6) is 0.0969. The van der Waals surface area contributed by atoms with Gasteiger partial charge in [0.2, 0.25) is 0 Å². The first-order valence-electron chi connectivity index (χ1n) is 40.3. The molecule has 0 aromatic heterocycles. The standard InChI is InChI=1S/C78H152O17P2/c1-8-9-10-11-12-13-14-15-16-17-18-19-20-25-28-33-38-47-54-61-77(82)94-73(65-88-75(80)59-52-45-37-32-27-24-22-21-23-26-30-35-42-49-56-69(2)3)67-92-96(84,85)90-63-72(79)64-91-97(86,87)93-68-74(66-89-76(81)60-53-46-41-40-44-51-58-71(6)7)95-78(83)62-55-48-39-34-29-31-36-43-50-57-70(4)5/h69-74,79H,8-68H2,1-7H3,(H,84,85)(H,86,87)/t72-,73-,74-/m1/s1. The van der Waals surface area contributed by atoms with E-state index < -0.39 is 97.5 Å². The number of phosphoric ester groups is 2. The summed E-state index contributed by atoms with van der Waals surface area (Å²) in [4.78, 5) is 72.8. The monoisotopic (exact) mass is 1420 g/mol. The first-order valence-corrected chi connectivity index (χ1v) is 43.3. The number of unbranched alkanes of at least 4 members (excludes halogenated alkanes) is 44. The Morgan fingerprint density at radius 1 is 0.278 bits per heavy atom. The number of hydrogen-bond acceptors (Lipinski definition) is 15. The van der Waals surface area contributed by atoms with Crippen molar-refractivity contribution in [2.45, 2.75) is 420 Å². The van der Waals surface area contributed by atoms with Crippen molar-refractivity contribution in [3.63, 3.8) is 0 Å². The first-order chi connectivity index (χ1) is 46.7. The van der Waals surface area contributed by atoms with Crippen LogP contribution in [0.4, 0.5) is 0 Å². The van der Waals surface area contributed by atoms with Crippen LogP contribution in [0, 0.1) is 17.8 Å². The number of ether oxygens (including phenoxy) is 4. The van der Waals surface area contributed by atoms with Crippen LogP contribution in [0.3, 0.4) is 0 Å². The lowest BCUT2D eigenvalue weighted by Gasteiger charge is -2.21. The highest BCUT2D eigenvalue weighted by Gasteiger charge is 2.30. The Morgan fingerprint density at radius 3 is 0.701 bits per heavy atom. The summed E-state index contributed by atoms with van der Waals surface area (Å²) in [7, 11) is -9.91. The Bertz CT molecular complexity index is 1890. The molecule has 576 valence electrons. The van der Waals surface area contributed by atoms with Gasteiger partial charge in [-0.3, -0.25) is 37.3 Å². The van der Waals surface area contributed by atoms with Gasteiger partial charge in [0.05, 0.1) is 26.4 Å². The highest BCUT2D eigenvalue weighted by atomic mass is 31.2. The maximum atomic E-state index is 13.1. The third-order valence-corrected chi connectivity index (χ3v) is 20.0. The Hall–Kier alpha value is -1.94. The van der Waals surface area contributed by atoms with E-state index in [4.69, 9.17) is 37.0 Å². The number of aliphatic hydroxyl groups is 1. The zero-order valence-electron chi connectivity index (χ0n) is 63.5. The molecule has 0 radical (unpaired) electrons. The molecule has 0 bridgehead atoms. The lowest BCUT2D eigenvalue weighted by molar-refractivity contribution is -0.161. The van der Waals surface area contributed by atoms with Crippen LogP contribution in [0.5, 0.6) is 0 Å². The van der Waals surface area contributed by atoms with Crippen LogP contribution in [0.1, 0.15) is 402 Å². The van der Waals surface area contributed by atoms with E-state index in [2.05, 4.69) is 48.5 Å². The fourth-order valence-electron chi connectivity index (χ4n) is 12.0. The molecular formula is C78H152O17P2. The lowest BCUT2D eigenvalue weighted by Crippen LogP contribution is -2.30. The minimum atomic E-state index is -4.96. The molecule has 97 heavy (non-hydrogen) atoms. The van der Waals surface area contributed by atoms with E-state index in [-0.39, 0.29) is 25.7 Å². The topological polar surface area (TPSA) is 237 Å². The predicted octanol–water partition coefficient (Wildman–Crippen LogP) is 23.0.